The highest BCUT2D eigenvalue weighted by atomic mass is 16.7. The molecule has 1 fully saturated rings. The van der Waals surface area contributed by atoms with Gasteiger partial charge in [0.05, 0.1) is 23.5 Å². The highest BCUT2D eigenvalue weighted by Crippen LogP contribution is 2.21. The molecular weight excluding hydrogens is 218 g/mol. The molecule has 0 aromatic carbocycles. The third-order valence-electron chi connectivity index (χ3n) is 2.60. The van der Waals surface area contributed by atoms with Crippen molar-refractivity contribution in [2.75, 3.05) is 0 Å². The first kappa shape index (κ1) is 14.3. The number of allylic oxidation sites excluding steroid dienone is 1. The number of hydroxylamine groups is 1. The average molecular weight is 243 g/mol. The first-order valence-corrected chi connectivity index (χ1v) is 6.31. The second-order valence-corrected chi connectivity index (χ2v) is 5.68. The van der Waals surface area contributed by atoms with Crippen molar-refractivity contribution >= 4 is 0 Å². The van der Waals surface area contributed by atoms with Gasteiger partial charge in [0.15, 0.2) is 0 Å². The minimum Gasteiger partial charge on any atom is -0.496 e. The molecule has 4 nitrogen and oxygen atoms in total. The Balaban J connectivity index is 2.23. The van der Waals surface area contributed by atoms with E-state index in [1.165, 1.54) is 0 Å². The van der Waals surface area contributed by atoms with Gasteiger partial charge < -0.3 is 9.84 Å². The van der Waals surface area contributed by atoms with E-state index in [0.717, 1.165) is 31.4 Å². The van der Waals surface area contributed by atoms with E-state index in [4.69, 9.17) is 9.57 Å². The SMILES string of the molecule is CC(=COC1CCC(O)CC1)NOC(C)(C)C. The summed E-state index contributed by atoms with van der Waals surface area (Å²) in [6.45, 7) is 7.85. The highest BCUT2D eigenvalue weighted by Gasteiger charge is 2.19. The van der Waals surface area contributed by atoms with E-state index >= 15 is 0 Å². The summed E-state index contributed by atoms with van der Waals surface area (Å²) in [5.74, 6) is 0. The van der Waals surface area contributed by atoms with Crippen LogP contribution in [0.3, 0.4) is 0 Å². The molecule has 0 bridgehead atoms. The van der Waals surface area contributed by atoms with Crippen LogP contribution in [0.2, 0.25) is 0 Å². The molecule has 0 heterocycles. The quantitative estimate of drug-likeness (QED) is 0.588. The maximum absolute atomic E-state index is 9.37. The summed E-state index contributed by atoms with van der Waals surface area (Å²) in [7, 11) is 0. The van der Waals surface area contributed by atoms with Gasteiger partial charge >= 0.3 is 0 Å². The highest BCUT2D eigenvalue weighted by molar-refractivity contribution is 4.88. The van der Waals surface area contributed by atoms with Gasteiger partial charge in [0.25, 0.3) is 0 Å². The van der Waals surface area contributed by atoms with Crippen LogP contribution in [0.1, 0.15) is 53.4 Å². The zero-order valence-corrected chi connectivity index (χ0v) is 11.3. The van der Waals surface area contributed by atoms with Crippen molar-refractivity contribution in [3.63, 3.8) is 0 Å². The molecule has 0 aliphatic heterocycles. The maximum atomic E-state index is 9.37. The number of rotatable bonds is 4. The minimum atomic E-state index is -0.218. The van der Waals surface area contributed by atoms with Crippen LogP contribution in [0.4, 0.5) is 0 Å². The Morgan fingerprint density at radius 1 is 1.24 bits per heavy atom. The summed E-state index contributed by atoms with van der Waals surface area (Å²) in [6.07, 6.45) is 5.31. The Labute approximate surface area is 104 Å². The molecule has 1 saturated carbocycles. The van der Waals surface area contributed by atoms with E-state index in [2.05, 4.69) is 5.48 Å². The van der Waals surface area contributed by atoms with Gasteiger partial charge in [-0.05, 0) is 53.4 Å². The molecule has 2 N–H and O–H groups in total. The molecule has 0 spiro atoms. The smallest absolute Gasteiger partial charge is 0.104 e. The summed E-state index contributed by atoms with van der Waals surface area (Å²) in [5.41, 5.74) is 3.49. The van der Waals surface area contributed by atoms with Gasteiger partial charge in [0.2, 0.25) is 0 Å². The molecule has 0 aromatic rings. The molecule has 0 unspecified atom stereocenters. The fraction of sp³-hybridized carbons (Fsp3) is 0.846. The van der Waals surface area contributed by atoms with E-state index < -0.39 is 0 Å². The molecule has 1 aliphatic carbocycles. The Morgan fingerprint density at radius 3 is 2.35 bits per heavy atom. The predicted molar refractivity (Wildman–Crippen MR) is 67.1 cm³/mol. The van der Waals surface area contributed by atoms with Crippen molar-refractivity contribution in [2.45, 2.75) is 71.2 Å². The predicted octanol–water partition coefficient (Wildman–Crippen LogP) is 2.49. The summed E-state index contributed by atoms with van der Waals surface area (Å²) in [5, 5.41) is 9.37. The van der Waals surface area contributed by atoms with Crippen LogP contribution in [0.15, 0.2) is 12.0 Å². The van der Waals surface area contributed by atoms with Crippen molar-refractivity contribution in [3.8, 4) is 0 Å². The van der Waals surface area contributed by atoms with Gasteiger partial charge in [-0.3, -0.25) is 10.3 Å². The van der Waals surface area contributed by atoms with Gasteiger partial charge in [-0.1, -0.05) is 0 Å². The molecule has 4 heteroatoms. The lowest BCUT2D eigenvalue weighted by atomic mass is 9.95. The van der Waals surface area contributed by atoms with E-state index in [0.29, 0.717) is 0 Å². The van der Waals surface area contributed by atoms with Crippen LogP contribution >= 0.6 is 0 Å². The van der Waals surface area contributed by atoms with Crippen molar-refractivity contribution in [1.82, 2.24) is 5.48 Å². The van der Waals surface area contributed by atoms with Crippen LogP contribution in [0.25, 0.3) is 0 Å². The van der Waals surface area contributed by atoms with Gasteiger partial charge in [-0.15, -0.1) is 0 Å². The molecule has 1 rings (SSSR count). The van der Waals surface area contributed by atoms with Gasteiger partial charge in [-0.2, -0.15) is 0 Å². The first-order valence-electron chi connectivity index (χ1n) is 6.31. The molecule has 0 atom stereocenters. The molecule has 0 saturated heterocycles. The average Bonchev–Trinajstić information content (AvgIpc) is 2.25. The van der Waals surface area contributed by atoms with Gasteiger partial charge in [0, 0.05) is 0 Å². The molecular formula is C13H25NO3. The third kappa shape index (κ3) is 6.54. The number of ether oxygens (including phenoxy) is 1. The zero-order chi connectivity index (χ0) is 12.9. The first-order chi connectivity index (χ1) is 7.87. The molecule has 0 amide bonds. The summed E-state index contributed by atoms with van der Waals surface area (Å²) in [4.78, 5) is 5.41. The van der Waals surface area contributed by atoms with Crippen molar-refractivity contribution in [2.24, 2.45) is 0 Å². The van der Waals surface area contributed by atoms with Gasteiger partial charge in [0.1, 0.15) is 6.26 Å². The van der Waals surface area contributed by atoms with Crippen molar-refractivity contribution < 1.29 is 14.7 Å². The Hall–Kier alpha value is -0.740. The molecule has 0 radical (unpaired) electrons. The largest absolute Gasteiger partial charge is 0.496 e. The Morgan fingerprint density at radius 2 is 1.82 bits per heavy atom. The normalized spacial score (nSPS) is 26.8. The van der Waals surface area contributed by atoms with Crippen LogP contribution < -0.4 is 5.48 Å². The fourth-order valence-corrected chi connectivity index (χ4v) is 1.64. The molecule has 100 valence electrons. The summed E-state index contributed by atoms with van der Waals surface area (Å²) >= 11 is 0. The second kappa shape index (κ2) is 6.26. The zero-order valence-electron chi connectivity index (χ0n) is 11.3. The number of hydrogen-bond acceptors (Lipinski definition) is 4. The van der Waals surface area contributed by atoms with Crippen molar-refractivity contribution in [3.05, 3.63) is 12.0 Å². The lowest BCUT2D eigenvalue weighted by Gasteiger charge is -2.25. The van der Waals surface area contributed by atoms with Crippen molar-refractivity contribution in [1.29, 1.82) is 0 Å². The Kier molecular flexibility index (Phi) is 5.28. The Bertz CT molecular complexity index is 250. The topological polar surface area (TPSA) is 50.7 Å². The van der Waals surface area contributed by atoms with E-state index in [1.54, 1.807) is 6.26 Å². The monoisotopic (exact) mass is 243 g/mol. The minimum absolute atomic E-state index is 0.137. The number of aliphatic hydroxyl groups excluding tert-OH is 1. The third-order valence-corrected chi connectivity index (χ3v) is 2.60. The van der Waals surface area contributed by atoms with E-state index in [-0.39, 0.29) is 17.8 Å². The lowest BCUT2D eigenvalue weighted by molar-refractivity contribution is -0.0598. The van der Waals surface area contributed by atoms with Gasteiger partial charge in [-0.25, -0.2) is 0 Å². The number of nitrogens with one attached hydrogen (secondary N) is 1. The number of hydrogen-bond donors (Lipinski definition) is 2. The van der Waals surface area contributed by atoms with E-state index in [1.807, 2.05) is 27.7 Å². The van der Waals surface area contributed by atoms with Crippen LogP contribution in [0, 0.1) is 0 Å². The number of aliphatic hydroxyl groups is 1. The second-order valence-electron chi connectivity index (χ2n) is 5.68. The molecule has 17 heavy (non-hydrogen) atoms. The van der Waals surface area contributed by atoms with E-state index in [9.17, 15) is 5.11 Å². The van der Waals surface area contributed by atoms with Crippen LogP contribution in [-0.2, 0) is 9.57 Å². The molecule has 1 aliphatic rings. The van der Waals surface area contributed by atoms with Crippen LogP contribution in [-0.4, -0.2) is 22.9 Å². The standard InChI is InChI=1S/C13H25NO3/c1-10(14-17-13(2,3)4)9-16-12-7-5-11(15)6-8-12/h9,11-12,14-15H,5-8H2,1-4H3. The molecule has 0 aromatic heterocycles. The summed E-state index contributed by atoms with van der Waals surface area (Å²) in [6, 6.07) is 0. The summed E-state index contributed by atoms with van der Waals surface area (Å²) < 4.78 is 5.64. The fourth-order valence-electron chi connectivity index (χ4n) is 1.64. The van der Waals surface area contributed by atoms with Crippen LogP contribution in [0.5, 0.6) is 0 Å². The lowest BCUT2D eigenvalue weighted by Crippen LogP contribution is -2.28. The maximum Gasteiger partial charge on any atom is 0.104 e.